The topological polar surface area (TPSA) is 101 Å². The van der Waals surface area contributed by atoms with Crippen molar-refractivity contribution >= 4 is 5.91 Å². The molecule has 98 valence electrons. The van der Waals surface area contributed by atoms with E-state index in [0.29, 0.717) is 6.54 Å². The molecule has 2 rings (SSSR count). The number of carbonyl (C=O) groups is 1. The maximum absolute atomic E-state index is 11.8. The molecular weight excluding hydrogens is 232 g/mol. The summed E-state index contributed by atoms with van der Waals surface area (Å²) in [6, 6.07) is 2.68. The van der Waals surface area contributed by atoms with Gasteiger partial charge in [0, 0.05) is 18.2 Å². The highest BCUT2D eigenvalue weighted by molar-refractivity contribution is 5.92. The molecular formula is C12H18N4O2. The first-order valence-corrected chi connectivity index (χ1v) is 6.22. The highest BCUT2D eigenvalue weighted by Crippen LogP contribution is 2.25. The lowest BCUT2D eigenvalue weighted by molar-refractivity contribution is 0.0931. The highest BCUT2D eigenvalue weighted by Gasteiger charge is 2.27. The fourth-order valence-electron chi connectivity index (χ4n) is 2.25. The van der Waals surface area contributed by atoms with Crippen LogP contribution in [-0.4, -0.2) is 28.2 Å². The summed E-state index contributed by atoms with van der Waals surface area (Å²) in [4.78, 5) is 22.6. The smallest absolute Gasteiger partial charge is 0.271 e. The quantitative estimate of drug-likeness (QED) is 0.711. The number of H-pyrrole nitrogens is 1. The lowest BCUT2D eigenvalue weighted by Crippen LogP contribution is -2.51. The van der Waals surface area contributed by atoms with Crippen LogP contribution in [-0.2, 0) is 0 Å². The average molecular weight is 250 g/mol. The SMILES string of the molecule is NC1(CNC(=O)c2ccc(=O)[nH]n2)CCCCC1. The maximum atomic E-state index is 11.8. The molecule has 0 atom stereocenters. The van der Waals surface area contributed by atoms with Crippen molar-refractivity contribution in [2.75, 3.05) is 6.54 Å². The van der Waals surface area contributed by atoms with Gasteiger partial charge in [0.2, 0.25) is 0 Å². The minimum Gasteiger partial charge on any atom is -0.349 e. The molecule has 4 N–H and O–H groups in total. The summed E-state index contributed by atoms with van der Waals surface area (Å²) < 4.78 is 0. The van der Waals surface area contributed by atoms with Crippen LogP contribution < -0.4 is 16.6 Å². The van der Waals surface area contributed by atoms with Gasteiger partial charge in [0.15, 0.2) is 0 Å². The Hall–Kier alpha value is -1.69. The molecule has 1 amide bonds. The van der Waals surface area contributed by atoms with Gasteiger partial charge in [-0.05, 0) is 18.9 Å². The van der Waals surface area contributed by atoms with Gasteiger partial charge < -0.3 is 11.1 Å². The molecule has 1 aliphatic carbocycles. The molecule has 0 aromatic carbocycles. The van der Waals surface area contributed by atoms with Gasteiger partial charge in [-0.1, -0.05) is 19.3 Å². The Morgan fingerprint density at radius 1 is 1.39 bits per heavy atom. The monoisotopic (exact) mass is 250 g/mol. The minimum absolute atomic E-state index is 0.203. The van der Waals surface area contributed by atoms with Crippen LogP contribution in [0.1, 0.15) is 42.6 Å². The van der Waals surface area contributed by atoms with Crippen molar-refractivity contribution in [3.05, 3.63) is 28.2 Å². The Kier molecular flexibility index (Phi) is 3.76. The molecule has 0 bridgehead atoms. The molecule has 1 heterocycles. The van der Waals surface area contributed by atoms with Crippen LogP contribution in [0.15, 0.2) is 16.9 Å². The third kappa shape index (κ3) is 3.16. The second-order valence-electron chi connectivity index (χ2n) is 4.91. The van der Waals surface area contributed by atoms with E-state index >= 15 is 0 Å². The number of hydrogen-bond donors (Lipinski definition) is 3. The molecule has 0 spiro atoms. The first-order chi connectivity index (χ1) is 8.59. The van der Waals surface area contributed by atoms with Crippen molar-refractivity contribution in [2.45, 2.75) is 37.6 Å². The van der Waals surface area contributed by atoms with Gasteiger partial charge in [0.05, 0.1) is 0 Å². The standard InChI is InChI=1S/C12H18N4O2/c13-12(6-2-1-3-7-12)8-14-11(18)9-4-5-10(17)16-15-9/h4-5H,1-3,6-8,13H2,(H,14,18)(H,16,17). The summed E-state index contributed by atoms with van der Waals surface area (Å²) in [5.41, 5.74) is 5.80. The molecule has 6 heteroatoms. The van der Waals surface area contributed by atoms with Crippen molar-refractivity contribution in [1.29, 1.82) is 0 Å². The first-order valence-electron chi connectivity index (χ1n) is 6.22. The normalized spacial score (nSPS) is 18.3. The van der Waals surface area contributed by atoms with Gasteiger partial charge in [0.1, 0.15) is 5.69 Å². The molecule has 0 aliphatic heterocycles. The number of nitrogens with one attached hydrogen (secondary N) is 2. The number of hydrogen-bond acceptors (Lipinski definition) is 4. The van der Waals surface area contributed by atoms with Gasteiger partial charge in [-0.3, -0.25) is 9.59 Å². The van der Waals surface area contributed by atoms with E-state index in [1.807, 2.05) is 0 Å². The van der Waals surface area contributed by atoms with Crippen LogP contribution in [0.4, 0.5) is 0 Å². The summed E-state index contributed by atoms with van der Waals surface area (Å²) in [6.07, 6.45) is 5.32. The molecule has 0 radical (unpaired) electrons. The third-order valence-electron chi connectivity index (χ3n) is 3.36. The Balaban J connectivity index is 1.91. The van der Waals surface area contributed by atoms with E-state index < -0.39 is 0 Å². The summed E-state index contributed by atoms with van der Waals surface area (Å²) in [5.74, 6) is -0.304. The fourth-order valence-corrected chi connectivity index (χ4v) is 2.25. The molecule has 1 aliphatic rings. The van der Waals surface area contributed by atoms with Gasteiger partial charge in [-0.25, -0.2) is 5.10 Å². The lowest BCUT2D eigenvalue weighted by atomic mass is 9.82. The zero-order valence-corrected chi connectivity index (χ0v) is 10.2. The largest absolute Gasteiger partial charge is 0.349 e. The number of aromatic nitrogens is 2. The van der Waals surface area contributed by atoms with Crippen LogP contribution in [0.25, 0.3) is 0 Å². The van der Waals surface area contributed by atoms with Crippen molar-refractivity contribution in [3.63, 3.8) is 0 Å². The predicted molar refractivity (Wildman–Crippen MR) is 67.2 cm³/mol. The molecule has 1 fully saturated rings. The average Bonchev–Trinajstić information content (AvgIpc) is 2.38. The molecule has 1 saturated carbocycles. The molecule has 0 saturated heterocycles. The number of rotatable bonds is 3. The summed E-state index contributed by atoms with van der Waals surface area (Å²) in [7, 11) is 0. The van der Waals surface area contributed by atoms with Crippen LogP contribution in [0.3, 0.4) is 0 Å². The molecule has 1 aromatic rings. The van der Waals surface area contributed by atoms with Gasteiger partial charge in [0.25, 0.3) is 11.5 Å². The van der Waals surface area contributed by atoms with Crippen LogP contribution in [0.2, 0.25) is 0 Å². The van der Waals surface area contributed by atoms with E-state index in [1.54, 1.807) is 0 Å². The second-order valence-corrected chi connectivity index (χ2v) is 4.91. The minimum atomic E-state index is -0.325. The zero-order chi connectivity index (χ0) is 13.0. The molecule has 1 aromatic heterocycles. The third-order valence-corrected chi connectivity index (χ3v) is 3.36. The highest BCUT2D eigenvalue weighted by atomic mass is 16.2. The number of nitrogens with zero attached hydrogens (tertiary/aromatic N) is 1. The predicted octanol–water partition coefficient (Wildman–Crippen LogP) is 0.161. The fraction of sp³-hybridized carbons (Fsp3) is 0.583. The molecule has 0 unspecified atom stereocenters. The number of nitrogens with two attached hydrogens (primary N) is 1. The van der Waals surface area contributed by atoms with Crippen molar-refractivity contribution in [3.8, 4) is 0 Å². The van der Waals surface area contributed by atoms with Gasteiger partial charge >= 0.3 is 0 Å². The number of aromatic amines is 1. The van der Waals surface area contributed by atoms with E-state index in [1.165, 1.54) is 18.6 Å². The van der Waals surface area contributed by atoms with Gasteiger partial charge in [-0.15, -0.1) is 0 Å². The van der Waals surface area contributed by atoms with E-state index in [0.717, 1.165) is 25.7 Å². The summed E-state index contributed by atoms with van der Waals surface area (Å²) in [5, 5.41) is 8.69. The summed E-state index contributed by atoms with van der Waals surface area (Å²) in [6.45, 7) is 0.451. The van der Waals surface area contributed by atoms with E-state index in [-0.39, 0.29) is 22.7 Å². The van der Waals surface area contributed by atoms with Crippen molar-refractivity contribution < 1.29 is 4.79 Å². The van der Waals surface area contributed by atoms with E-state index in [9.17, 15) is 9.59 Å². The Morgan fingerprint density at radius 3 is 2.72 bits per heavy atom. The Morgan fingerprint density at radius 2 is 2.11 bits per heavy atom. The van der Waals surface area contributed by atoms with Gasteiger partial charge in [-0.2, -0.15) is 5.10 Å². The van der Waals surface area contributed by atoms with E-state index in [4.69, 9.17) is 5.73 Å². The van der Waals surface area contributed by atoms with Crippen LogP contribution >= 0.6 is 0 Å². The Labute approximate surface area is 105 Å². The Bertz CT molecular complexity index is 457. The number of amides is 1. The maximum Gasteiger partial charge on any atom is 0.271 e. The first kappa shape index (κ1) is 12.8. The molecule has 6 nitrogen and oxygen atoms in total. The number of carbonyl (C=O) groups excluding carboxylic acids is 1. The van der Waals surface area contributed by atoms with Crippen molar-refractivity contribution in [2.24, 2.45) is 5.73 Å². The van der Waals surface area contributed by atoms with Crippen LogP contribution in [0, 0.1) is 0 Å². The van der Waals surface area contributed by atoms with E-state index in [2.05, 4.69) is 15.5 Å². The molecule has 18 heavy (non-hydrogen) atoms. The second kappa shape index (κ2) is 5.30. The lowest BCUT2D eigenvalue weighted by Gasteiger charge is -2.33. The summed E-state index contributed by atoms with van der Waals surface area (Å²) >= 11 is 0. The van der Waals surface area contributed by atoms with Crippen molar-refractivity contribution in [1.82, 2.24) is 15.5 Å². The van der Waals surface area contributed by atoms with Crippen LogP contribution in [0.5, 0.6) is 0 Å². The zero-order valence-electron chi connectivity index (χ0n) is 10.2.